The number of aromatic nitrogens is 2. The Balaban J connectivity index is 1.72. The second-order valence-corrected chi connectivity index (χ2v) is 7.25. The minimum atomic E-state index is -3.84. The molecule has 0 bridgehead atoms. The van der Waals surface area contributed by atoms with Crippen molar-refractivity contribution in [1.82, 2.24) is 10.2 Å². The molecule has 3 rings (SSSR count). The summed E-state index contributed by atoms with van der Waals surface area (Å²) in [6, 6.07) is 16.6. The molecule has 3 aromatic rings. The van der Waals surface area contributed by atoms with Crippen LogP contribution in [0.15, 0.2) is 65.6 Å². The number of benzene rings is 2. The molecule has 0 amide bonds. The largest absolute Gasteiger partial charge is 0.497 e. The fourth-order valence-corrected chi connectivity index (χ4v) is 3.65. The van der Waals surface area contributed by atoms with Gasteiger partial charge in [-0.15, -0.1) is 10.2 Å². The van der Waals surface area contributed by atoms with E-state index in [4.69, 9.17) is 16.3 Å². The molecule has 0 saturated carbocycles. The maximum atomic E-state index is 12.4. The third-order valence-corrected chi connectivity index (χ3v) is 5.25. The van der Waals surface area contributed by atoms with Crippen LogP contribution in [-0.2, 0) is 10.0 Å². The molecule has 0 aliphatic rings. The summed E-state index contributed by atoms with van der Waals surface area (Å²) in [5.74, 6) is 1.30. The summed E-state index contributed by atoms with van der Waals surface area (Å²) in [6.07, 6.45) is 0. The van der Waals surface area contributed by atoms with E-state index < -0.39 is 10.0 Å². The van der Waals surface area contributed by atoms with Gasteiger partial charge in [0.25, 0.3) is 10.0 Å². The van der Waals surface area contributed by atoms with Crippen LogP contribution in [-0.4, -0.2) is 25.7 Å². The summed E-state index contributed by atoms with van der Waals surface area (Å²) in [7, 11) is -2.25. The van der Waals surface area contributed by atoms with Crippen LogP contribution in [0, 0.1) is 0 Å². The highest BCUT2D eigenvalue weighted by Crippen LogP contribution is 2.23. The molecule has 2 N–H and O–H groups in total. The number of rotatable bonds is 6. The predicted octanol–water partition coefficient (Wildman–Crippen LogP) is 3.68. The zero-order chi connectivity index (χ0) is 18.6. The number of nitrogens with zero attached hydrogens (tertiary/aromatic N) is 2. The Labute approximate surface area is 156 Å². The van der Waals surface area contributed by atoms with Crippen LogP contribution in [0.1, 0.15) is 0 Å². The normalized spacial score (nSPS) is 11.0. The van der Waals surface area contributed by atoms with E-state index in [0.717, 1.165) is 11.4 Å². The summed E-state index contributed by atoms with van der Waals surface area (Å²) < 4.78 is 32.2. The SMILES string of the molecule is COc1ccc(Nc2ccc(NS(=O)(=O)c3ccccc3Cl)nn2)cc1. The van der Waals surface area contributed by atoms with Gasteiger partial charge in [0.15, 0.2) is 11.6 Å². The molecule has 26 heavy (non-hydrogen) atoms. The van der Waals surface area contributed by atoms with Gasteiger partial charge in [0.2, 0.25) is 0 Å². The summed E-state index contributed by atoms with van der Waals surface area (Å²) in [5, 5.41) is 11.0. The number of ether oxygens (including phenoxy) is 1. The van der Waals surface area contributed by atoms with Crippen LogP contribution < -0.4 is 14.8 Å². The molecule has 0 saturated heterocycles. The van der Waals surface area contributed by atoms with Crippen molar-refractivity contribution in [2.75, 3.05) is 17.1 Å². The van der Waals surface area contributed by atoms with E-state index >= 15 is 0 Å². The maximum absolute atomic E-state index is 12.4. The van der Waals surface area contributed by atoms with Crippen molar-refractivity contribution in [3.63, 3.8) is 0 Å². The van der Waals surface area contributed by atoms with Crippen LogP contribution in [0.3, 0.4) is 0 Å². The van der Waals surface area contributed by atoms with Gasteiger partial charge in [0.1, 0.15) is 10.6 Å². The van der Waals surface area contributed by atoms with Gasteiger partial charge < -0.3 is 10.1 Å². The molecule has 0 aliphatic heterocycles. The minimum absolute atomic E-state index is 0.0242. The third-order valence-electron chi connectivity index (χ3n) is 3.39. The number of hydrogen-bond donors (Lipinski definition) is 2. The monoisotopic (exact) mass is 390 g/mol. The number of nitrogens with one attached hydrogen (secondary N) is 2. The van der Waals surface area contributed by atoms with Crippen LogP contribution >= 0.6 is 11.6 Å². The first-order valence-corrected chi connectivity index (χ1v) is 9.36. The minimum Gasteiger partial charge on any atom is -0.497 e. The van der Waals surface area contributed by atoms with Crippen LogP contribution in [0.25, 0.3) is 0 Å². The van der Waals surface area contributed by atoms with Crippen molar-refractivity contribution in [1.29, 1.82) is 0 Å². The molecule has 9 heteroatoms. The Morgan fingerprint density at radius 1 is 0.923 bits per heavy atom. The standard InChI is InChI=1S/C17H15ClN4O3S/c1-25-13-8-6-12(7-9-13)19-16-10-11-17(21-20-16)22-26(23,24)15-5-3-2-4-14(15)18/h2-11H,1H3,(H,19,20)(H,21,22). The fraction of sp³-hybridized carbons (Fsp3) is 0.0588. The third kappa shape index (κ3) is 4.22. The lowest BCUT2D eigenvalue weighted by Gasteiger charge is -2.09. The average Bonchev–Trinajstić information content (AvgIpc) is 2.64. The molecule has 134 valence electrons. The molecular weight excluding hydrogens is 376 g/mol. The topological polar surface area (TPSA) is 93.2 Å². The molecule has 1 heterocycles. The molecule has 0 fully saturated rings. The zero-order valence-corrected chi connectivity index (χ0v) is 15.3. The van der Waals surface area contributed by atoms with Gasteiger partial charge in [-0.05, 0) is 48.5 Å². The molecule has 0 unspecified atom stereocenters. The second-order valence-electron chi connectivity index (χ2n) is 5.19. The Bertz CT molecular complexity index is 993. The summed E-state index contributed by atoms with van der Waals surface area (Å²) in [5.41, 5.74) is 0.796. The highest BCUT2D eigenvalue weighted by Gasteiger charge is 2.18. The summed E-state index contributed by atoms with van der Waals surface area (Å²) in [4.78, 5) is -0.0242. The zero-order valence-electron chi connectivity index (χ0n) is 13.7. The van der Waals surface area contributed by atoms with Gasteiger partial charge in [0, 0.05) is 5.69 Å². The van der Waals surface area contributed by atoms with Crippen LogP contribution in [0.4, 0.5) is 17.3 Å². The van der Waals surface area contributed by atoms with Crippen LogP contribution in [0.5, 0.6) is 5.75 Å². The highest BCUT2D eigenvalue weighted by molar-refractivity contribution is 7.92. The van der Waals surface area contributed by atoms with E-state index in [-0.39, 0.29) is 15.7 Å². The molecule has 7 nitrogen and oxygen atoms in total. The Morgan fingerprint density at radius 3 is 2.19 bits per heavy atom. The van der Waals surface area contributed by atoms with E-state index in [1.165, 1.54) is 18.2 Å². The number of halogens is 1. The van der Waals surface area contributed by atoms with Gasteiger partial charge in [-0.25, -0.2) is 8.42 Å². The van der Waals surface area contributed by atoms with Crippen LogP contribution in [0.2, 0.25) is 5.02 Å². The molecular formula is C17H15ClN4O3S. The van der Waals surface area contributed by atoms with E-state index in [2.05, 4.69) is 20.2 Å². The number of sulfonamides is 1. The highest BCUT2D eigenvalue weighted by atomic mass is 35.5. The summed E-state index contributed by atoms with van der Waals surface area (Å²) >= 11 is 5.94. The fourth-order valence-electron chi connectivity index (χ4n) is 2.13. The van der Waals surface area contributed by atoms with E-state index in [1.807, 2.05) is 24.3 Å². The van der Waals surface area contributed by atoms with Crippen molar-refractivity contribution < 1.29 is 13.2 Å². The van der Waals surface area contributed by atoms with E-state index in [1.54, 1.807) is 25.3 Å². The molecule has 0 radical (unpaired) electrons. The van der Waals surface area contributed by atoms with Gasteiger partial charge in [-0.1, -0.05) is 23.7 Å². The second kappa shape index (κ2) is 7.59. The smallest absolute Gasteiger partial charge is 0.264 e. The van der Waals surface area contributed by atoms with E-state index in [0.29, 0.717) is 5.82 Å². The lowest BCUT2D eigenvalue weighted by molar-refractivity contribution is 0.415. The van der Waals surface area contributed by atoms with Crippen molar-refractivity contribution in [3.8, 4) is 5.75 Å². The van der Waals surface area contributed by atoms with Gasteiger partial charge >= 0.3 is 0 Å². The Morgan fingerprint density at radius 2 is 1.58 bits per heavy atom. The first-order chi connectivity index (χ1) is 12.5. The number of hydrogen-bond acceptors (Lipinski definition) is 6. The number of anilines is 3. The van der Waals surface area contributed by atoms with E-state index in [9.17, 15) is 8.42 Å². The van der Waals surface area contributed by atoms with Crippen molar-refractivity contribution in [3.05, 3.63) is 65.7 Å². The quantitative estimate of drug-likeness (QED) is 0.666. The molecule has 0 atom stereocenters. The Hall–Kier alpha value is -2.84. The van der Waals surface area contributed by atoms with Crippen molar-refractivity contribution in [2.24, 2.45) is 0 Å². The molecule has 0 aliphatic carbocycles. The average molecular weight is 391 g/mol. The van der Waals surface area contributed by atoms with Gasteiger partial charge in [0.05, 0.1) is 12.1 Å². The first-order valence-electron chi connectivity index (χ1n) is 7.50. The predicted molar refractivity (Wildman–Crippen MR) is 101 cm³/mol. The lowest BCUT2D eigenvalue weighted by Crippen LogP contribution is -2.14. The maximum Gasteiger partial charge on any atom is 0.264 e. The van der Waals surface area contributed by atoms with Crippen molar-refractivity contribution >= 4 is 38.9 Å². The first kappa shape index (κ1) is 18.0. The van der Waals surface area contributed by atoms with Gasteiger partial charge in [-0.3, -0.25) is 4.72 Å². The summed E-state index contributed by atoms with van der Waals surface area (Å²) in [6.45, 7) is 0. The lowest BCUT2D eigenvalue weighted by atomic mass is 10.3. The molecule has 0 spiro atoms. The van der Waals surface area contributed by atoms with Gasteiger partial charge in [-0.2, -0.15) is 0 Å². The number of methoxy groups -OCH3 is 1. The molecule has 1 aromatic heterocycles. The Kier molecular flexibility index (Phi) is 5.24. The molecule has 2 aromatic carbocycles. The van der Waals surface area contributed by atoms with Crippen molar-refractivity contribution in [2.45, 2.75) is 4.90 Å².